The predicted octanol–water partition coefficient (Wildman–Crippen LogP) is 4.92. The van der Waals surface area contributed by atoms with Crippen molar-refractivity contribution in [3.05, 3.63) is 45.6 Å². The minimum absolute atomic E-state index is 0. The molecule has 0 aliphatic heterocycles. The molecule has 2 aromatic rings. The highest BCUT2D eigenvalue weighted by Crippen LogP contribution is 2.29. The monoisotopic (exact) mass is 557 g/mol. The number of guanidine groups is 1. The van der Waals surface area contributed by atoms with Gasteiger partial charge in [0.1, 0.15) is 0 Å². The molecule has 1 aromatic heterocycles. The van der Waals surface area contributed by atoms with Crippen LogP contribution in [0.15, 0.2) is 35.3 Å². The van der Waals surface area contributed by atoms with Crippen molar-refractivity contribution in [2.24, 2.45) is 4.99 Å². The van der Waals surface area contributed by atoms with E-state index in [1.54, 1.807) is 30.5 Å². The van der Waals surface area contributed by atoms with Gasteiger partial charge in [0.2, 0.25) is 0 Å². The Morgan fingerprint density at radius 2 is 1.93 bits per heavy atom. The lowest BCUT2D eigenvalue weighted by Crippen LogP contribution is -2.42. The lowest BCUT2D eigenvalue weighted by Gasteiger charge is -2.18. The van der Waals surface area contributed by atoms with E-state index in [4.69, 9.17) is 9.47 Å². The number of rotatable bonds is 8. The summed E-state index contributed by atoms with van der Waals surface area (Å²) < 4.78 is 47.0. The van der Waals surface area contributed by atoms with Gasteiger partial charge < -0.3 is 20.1 Å². The number of nitrogens with zero attached hydrogens (tertiary/aromatic N) is 1. The third-order valence-corrected chi connectivity index (χ3v) is 5.01. The Morgan fingerprint density at radius 1 is 1.20 bits per heavy atom. The molecule has 0 saturated heterocycles. The molecule has 0 aliphatic carbocycles. The summed E-state index contributed by atoms with van der Waals surface area (Å²) in [5, 5.41) is 6.54. The van der Waals surface area contributed by atoms with E-state index < -0.39 is 12.8 Å². The standard InChI is InChI=1S/C20H26F3N3O2S.HI/c1-13(9-16-7-5-14(2)29-16)26-19(24-3)25-11-15-6-8-17(18(10-15)27-4)28-12-20(21,22)23;/h5-8,10,13H,9,11-12H2,1-4H3,(H2,24,25,26);1H. The fraction of sp³-hybridized carbons (Fsp3) is 0.450. The predicted molar refractivity (Wildman–Crippen MR) is 126 cm³/mol. The topological polar surface area (TPSA) is 54.9 Å². The number of methoxy groups -OCH3 is 1. The molecule has 30 heavy (non-hydrogen) atoms. The van der Waals surface area contributed by atoms with Crippen molar-refractivity contribution in [1.29, 1.82) is 0 Å². The molecule has 2 rings (SSSR count). The highest BCUT2D eigenvalue weighted by atomic mass is 127. The Morgan fingerprint density at radius 3 is 2.50 bits per heavy atom. The van der Waals surface area contributed by atoms with Crippen LogP contribution in [0, 0.1) is 6.92 Å². The average Bonchev–Trinajstić information content (AvgIpc) is 3.07. The molecule has 0 spiro atoms. The maximum absolute atomic E-state index is 12.4. The van der Waals surface area contributed by atoms with Crippen LogP contribution in [0.4, 0.5) is 13.2 Å². The third-order valence-electron chi connectivity index (χ3n) is 3.99. The first-order chi connectivity index (χ1) is 13.7. The molecular weight excluding hydrogens is 530 g/mol. The third kappa shape index (κ3) is 8.99. The molecular formula is C20H27F3IN3O2S. The number of halogens is 4. The first kappa shape index (κ1) is 26.3. The Hall–Kier alpha value is -1.69. The van der Waals surface area contributed by atoms with E-state index in [1.807, 2.05) is 0 Å². The molecule has 1 unspecified atom stereocenters. The van der Waals surface area contributed by atoms with Gasteiger partial charge in [-0.1, -0.05) is 6.07 Å². The van der Waals surface area contributed by atoms with Crippen LogP contribution in [0.5, 0.6) is 11.5 Å². The van der Waals surface area contributed by atoms with Gasteiger partial charge in [-0.05, 0) is 43.7 Å². The van der Waals surface area contributed by atoms with Gasteiger partial charge in [-0.25, -0.2) is 0 Å². The first-order valence-corrected chi connectivity index (χ1v) is 9.90. The normalized spacial score (nSPS) is 12.7. The minimum atomic E-state index is -4.40. The van der Waals surface area contributed by atoms with Gasteiger partial charge in [-0.15, -0.1) is 35.3 Å². The molecule has 0 bridgehead atoms. The number of benzene rings is 1. The quantitative estimate of drug-likeness (QED) is 0.275. The second-order valence-corrected chi connectivity index (χ2v) is 7.95. The maximum Gasteiger partial charge on any atom is 0.422 e. The van der Waals surface area contributed by atoms with Crippen molar-refractivity contribution in [3.63, 3.8) is 0 Å². The number of aryl methyl sites for hydroxylation is 1. The molecule has 168 valence electrons. The van der Waals surface area contributed by atoms with Crippen LogP contribution < -0.4 is 20.1 Å². The van der Waals surface area contributed by atoms with Crippen LogP contribution in [0.2, 0.25) is 0 Å². The Balaban J connectivity index is 0.00000450. The zero-order valence-electron chi connectivity index (χ0n) is 17.3. The van der Waals surface area contributed by atoms with E-state index >= 15 is 0 Å². The number of thiophene rings is 1. The van der Waals surface area contributed by atoms with E-state index in [9.17, 15) is 13.2 Å². The molecule has 1 heterocycles. The number of hydrogen-bond donors (Lipinski definition) is 2. The summed E-state index contributed by atoms with van der Waals surface area (Å²) in [4.78, 5) is 6.81. The highest BCUT2D eigenvalue weighted by molar-refractivity contribution is 14.0. The van der Waals surface area contributed by atoms with Crippen molar-refractivity contribution >= 4 is 41.3 Å². The molecule has 5 nitrogen and oxygen atoms in total. The van der Waals surface area contributed by atoms with Crippen molar-refractivity contribution in [3.8, 4) is 11.5 Å². The summed E-state index contributed by atoms with van der Waals surface area (Å²) in [6.07, 6.45) is -3.51. The summed E-state index contributed by atoms with van der Waals surface area (Å²) in [5.74, 6) is 0.941. The lowest BCUT2D eigenvalue weighted by atomic mass is 10.2. The molecule has 0 aliphatic rings. The van der Waals surface area contributed by atoms with Crippen LogP contribution in [0.3, 0.4) is 0 Å². The van der Waals surface area contributed by atoms with E-state index in [2.05, 4.69) is 41.6 Å². The summed E-state index contributed by atoms with van der Waals surface area (Å²) in [7, 11) is 3.08. The molecule has 0 saturated carbocycles. The van der Waals surface area contributed by atoms with Crippen molar-refractivity contribution in [2.75, 3.05) is 20.8 Å². The van der Waals surface area contributed by atoms with Gasteiger partial charge in [0.15, 0.2) is 24.1 Å². The number of nitrogens with one attached hydrogen (secondary N) is 2. The van der Waals surface area contributed by atoms with Gasteiger partial charge in [-0.3, -0.25) is 4.99 Å². The number of aliphatic imine (C=N–C) groups is 1. The van der Waals surface area contributed by atoms with Gasteiger partial charge in [0.05, 0.1) is 7.11 Å². The summed E-state index contributed by atoms with van der Waals surface area (Å²) in [5.41, 5.74) is 0.825. The van der Waals surface area contributed by atoms with E-state index in [1.165, 1.54) is 22.9 Å². The van der Waals surface area contributed by atoms with Crippen LogP contribution in [-0.2, 0) is 13.0 Å². The van der Waals surface area contributed by atoms with Crippen molar-refractivity contribution in [2.45, 2.75) is 39.0 Å². The minimum Gasteiger partial charge on any atom is -0.493 e. The molecule has 0 amide bonds. The zero-order valence-corrected chi connectivity index (χ0v) is 20.4. The zero-order chi connectivity index (χ0) is 21.4. The van der Waals surface area contributed by atoms with Crippen LogP contribution in [0.25, 0.3) is 0 Å². The number of alkyl halides is 3. The maximum atomic E-state index is 12.4. The van der Waals surface area contributed by atoms with E-state index in [-0.39, 0.29) is 41.5 Å². The Kier molecular flexibility index (Phi) is 10.7. The van der Waals surface area contributed by atoms with Gasteiger partial charge in [0.25, 0.3) is 0 Å². The summed E-state index contributed by atoms with van der Waals surface area (Å²) in [6, 6.07) is 9.22. The second-order valence-electron chi connectivity index (χ2n) is 6.58. The van der Waals surface area contributed by atoms with Gasteiger partial charge in [-0.2, -0.15) is 13.2 Å². The molecule has 1 atom stereocenters. The average molecular weight is 557 g/mol. The Bertz CT molecular complexity index is 828. The molecule has 0 fully saturated rings. The summed E-state index contributed by atoms with van der Waals surface area (Å²) in [6.45, 7) is 3.23. The van der Waals surface area contributed by atoms with E-state index in [0.29, 0.717) is 12.5 Å². The van der Waals surface area contributed by atoms with Crippen LogP contribution in [-0.4, -0.2) is 38.9 Å². The van der Waals surface area contributed by atoms with Crippen LogP contribution in [0.1, 0.15) is 22.2 Å². The largest absolute Gasteiger partial charge is 0.493 e. The van der Waals surface area contributed by atoms with Gasteiger partial charge in [0, 0.05) is 35.8 Å². The Labute approximate surface area is 196 Å². The molecule has 1 aromatic carbocycles. The van der Waals surface area contributed by atoms with E-state index in [0.717, 1.165) is 12.0 Å². The fourth-order valence-corrected chi connectivity index (χ4v) is 3.68. The first-order valence-electron chi connectivity index (χ1n) is 9.09. The number of ether oxygens (including phenoxy) is 2. The lowest BCUT2D eigenvalue weighted by molar-refractivity contribution is -0.153. The van der Waals surface area contributed by atoms with Crippen molar-refractivity contribution in [1.82, 2.24) is 10.6 Å². The SMILES string of the molecule is CN=C(NCc1ccc(OCC(F)(F)F)c(OC)c1)NC(C)Cc1ccc(C)s1.I. The van der Waals surface area contributed by atoms with Crippen LogP contribution >= 0.6 is 35.3 Å². The smallest absolute Gasteiger partial charge is 0.422 e. The second kappa shape index (κ2) is 12.2. The number of hydrogen-bond acceptors (Lipinski definition) is 4. The fourth-order valence-electron chi connectivity index (χ4n) is 2.66. The van der Waals surface area contributed by atoms with Gasteiger partial charge >= 0.3 is 6.18 Å². The molecule has 2 N–H and O–H groups in total. The van der Waals surface area contributed by atoms with Crippen molar-refractivity contribution < 1.29 is 22.6 Å². The highest BCUT2D eigenvalue weighted by Gasteiger charge is 2.29. The molecule has 10 heteroatoms. The molecule has 0 radical (unpaired) electrons. The summed E-state index contributed by atoms with van der Waals surface area (Å²) >= 11 is 1.78.